The summed E-state index contributed by atoms with van der Waals surface area (Å²) in [5.74, 6) is 1.02. The van der Waals surface area contributed by atoms with Gasteiger partial charge in [-0.05, 0) is 84.8 Å². The summed E-state index contributed by atoms with van der Waals surface area (Å²) in [6.45, 7) is 4.64. The second-order valence-corrected chi connectivity index (χ2v) is 7.08. The number of hydrogen-bond acceptors (Lipinski definition) is 3. The van der Waals surface area contributed by atoms with Crippen LogP contribution in [0.1, 0.15) is 25.7 Å². The predicted octanol–water partition coefficient (Wildman–Crippen LogP) is 4.92. The summed E-state index contributed by atoms with van der Waals surface area (Å²) in [4.78, 5) is 2.57. The topological polar surface area (TPSA) is 12.5 Å². The number of likely N-dealkylation sites (tertiary alicyclic amines) is 1. The maximum absolute atomic E-state index is 5.96. The lowest BCUT2D eigenvalue weighted by molar-refractivity contribution is 0.282. The summed E-state index contributed by atoms with van der Waals surface area (Å²) in [7, 11) is 0. The minimum absolute atomic E-state index is 0.820. The minimum atomic E-state index is 0.820. The molecular formula is C16H20BrNOS. The number of rotatable bonds is 6. The van der Waals surface area contributed by atoms with Crippen molar-refractivity contribution in [2.24, 2.45) is 0 Å². The molecular weight excluding hydrogens is 334 g/mol. The highest BCUT2D eigenvalue weighted by Gasteiger charge is 2.10. The third-order valence-electron chi connectivity index (χ3n) is 3.85. The van der Waals surface area contributed by atoms with Gasteiger partial charge in [-0.25, -0.2) is 0 Å². The second kappa shape index (κ2) is 6.92. The molecule has 0 atom stereocenters. The van der Waals surface area contributed by atoms with E-state index in [-0.39, 0.29) is 0 Å². The Morgan fingerprint density at radius 1 is 1.15 bits per heavy atom. The van der Waals surface area contributed by atoms with Gasteiger partial charge in [0, 0.05) is 9.86 Å². The van der Waals surface area contributed by atoms with Crippen LogP contribution in [0.15, 0.2) is 28.1 Å². The smallest absolute Gasteiger partial charge is 0.128 e. The van der Waals surface area contributed by atoms with Gasteiger partial charge in [-0.1, -0.05) is 0 Å². The van der Waals surface area contributed by atoms with Gasteiger partial charge in [-0.15, -0.1) is 11.3 Å². The van der Waals surface area contributed by atoms with Gasteiger partial charge < -0.3 is 9.64 Å². The van der Waals surface area contributed by atoms with E-state index in [0.29, 0.717) is 0 Å². The first kappa shape index (κ1) is 14.4. The van der Waals surface area contributed by atoms with Crippen molar-refractivity contribution < 1.29 is 4.74 Å². The molecule has 1 aliphatic rings. The summed E-state index contributed by atoms with van der Waals surface area (Å²) < 4.78 is 8.40. The highest BCUT2D eigenvalue weighted by Crippen LogP contribution is 2.35. The quantitative estimate of drug-likeness (QED) is 0.683. The molecule has 2 aromatic rings. The van der Waals surface area contributed by atoms with Gasteiger partial charge in [0.1, 0.15) is 5.75 Å². The van der Waals surface area contributed by atoms with E-state index in [1.807, 2.05) is 0 Å². The normalized spacial score (nSPS) is 16.1. The molecule has 2 heterocycles. The van der Waals surface area contributed by atoms with Gasteiger partial charge in [0.2, 0.25) is 0 Å². The number of ether oxygens (including phenoxy) is 1. The molecule has 4 heteroatoms. The zero-order chi connectivity index (χ0) is 13.8. The average Bonchev–Trinajstić information content (AvgIpc) is 3.11. The van der Waals surface area contributed by atoms with Crippen LogP contribution < -0.4 is 4.74 Å². The van der Waals surface area contributed by atoms with Crippen LogP contribution in [0.25, 0.3) is 10.1 Å². The lowest BCUT2D eigenvalue weighted by Gasteiger charge is -2.14. The van der Waals surface area contributed by atoms with Crippen molar-refractivity contribution in [3.63, 3.8) is 0 Å². The highest BCUT2D eigenvalue weighted by atomic mass is 79.9. The maximum atomic E-state index is 5.96. The molecule has 0 unspecified atom stereocenters. The van der Waals surface area contributed by atoms with Crippen LogP contribution in [0.2, 0.25) is 0 Å². The van der Waals surface area contributed by atoms with Gasteiger partial charge >= 0.3 is 0 Å². The SMILES string of the molecule is Brc1ccc(OCCCCN2CCCC2)c2ccsc12. The Labute approximate surface area is 132 Å². The van der Waals surface area contributed by atoms with Gasteiger partial charge in [0.15, 0.2) is 0 Å². The monoisotopic (exact) mass is 353 g/mol. The van der Waals surface area contributed by atoms with Gasteiger partial charge in [0.05, 0.1) is 11.3 Å². The van der Waals surface area contributed by atoms with Crippen molar-refractivity contribution in [3.8, 4) is 5.75 Å². The van der Waals surface area contributed by atoms with Crippen molar-refractivity contribution >= 4 is 37.4 Å². The van der Waals surface area contributed by atoms with E-state index in [1.54, 1.807) is 11.3 Å². The van der Waals surface area contributed by atoms with E-state index < -0.39 is 0 Å². The number of unbranched alkanes of at least 4 members (excludes halogenated alkanes) is 1. The number of nitrogens with zero attached hydrogens (tertiary/aromatic N) is 1. The van der Waals surface area contributed by atoms with Crippen LogP contribution in [-0.2, 0) is 0 Å². The van der Waals surface area contributed by atoms with Crippen LogP contribution in [0.4, 0.5) is 0 Å². The number of hydrogen-bond donors (Lipinski definition) is 0. The van der Waals surface area contributed by atoms with E-state index in [9.17, 15) is 0 Å². The van der Waals surface area contributed by atoms with Crippen molar-refractivity contribution in [1.82, 2.24) is 4.90 Å². The minimum Gasteiger partial charge on any atom is -0.493 e. The first-order valence-corrected chi connectivity index (χ1v) is 9.03. The fourth-order valence-electron chi connectivity index (χ4n) is 2.75. The Balaban J connectivity index is 1.47. The molecule has 0 spiro atoms. The molecule has 1 aromatic heterocycles. The Kier molecular flexibility index (Phi) is 4.97. The highest BCUT2D eigenvalue weighted by molar-refractivity contribution is 9.10. The van der Waals surface area contributed by atoms with E-state index in [2.05, 4.69) is 44.4 Å². The number of benzene rings is 1. The fraction of sp³-hybridized carbons (Fsp3) is 0.500. The first-order valence-electron chi connectivity index (χ1n) is 7.35. The Hall–Kier alpha value is -0.580. The largest absolute Gasteiger partial charge is 0.493 e. The summed E-state index contributed by atoms with van der Waals surface area (Å²) in [5, 5.41) is 3.35. The lowest BCUT2D eigenvalue weighted by Crippen LogP contribution is -2.20. The molecule has 0 N–H and O–H groups in total. The molecule has 1 aliphatic heterocycles. The maximum Gasteiger partial charge on any atom is 0.128 e. The first-order chi connectivity index (χ1) is 9.84. The number of fused-ring (bicyclic) bond motifs is 1. The van der Waals surface area contributed by atoms with E-state index in [0.717, 1.165) is 23.2 Å². The predicted molar refractivity (Wildman–Crippen MR) is 89.9 cm³/mol. The van der Waals surface area contributed by atoms with Crippen molar-refractivity contribution in [3.05, 3.63) is 28.1 Å². The van der Waals surface area contributed by atoms with Crippen LogP contribution >= 0.6 is 27.3 Å². The van der Waals surface area contributed by atoms with E-state index in [4.69, 9.17) is 4.74 Å². The van der Waals surface area contributed by atoms with Crippen molar-refractivity contribution in [1.29, 1.82) is 0 Å². The second-order valence-electron chi connectivity index (χ2n) is 5.31. The van der Waals surface area contributed by atoms with Crippen LogP contribution in [-0.4, -0.2) is 31.1 Å². The molecule has 3 rings (SSSR count). The summed E-state index contributed by atoms with van der Waals surface area (Å²) in [6.07, 6.45) is 5.14. The standard InChI is InChI=1S/C16H20BrNOS/c17-14-5-6-15(13-7-12-20-16(13)14)19-11-4-3-10-18-8-1-2-9-18/h5-7,12H,1-4,8-11H2. The molecule has 108 valence electrons. The molecule has 2 nitrogen and oxygen atoms in total. The molecule has 0 aliphatic carbocycles. The molecule has 1 fully saturated rings. The van der Waals surface area contributed by atoms with Crippen LogP contribution in [0.5, 0.6) is 5.75 Å². The van der Waals surface area contributed by atoms with E-state index in [1.165, 1.54) is 49.0 Å². The third-order valence-corrected chi connectivity index (χ3v) is 5.72. The lowest BCUT2D eigenvalue weighted by atomic mass is 10.2. The molecule has 20 heavy (non-hydrogen) atoms. The zero-order valence-corrected chi connectivity index (χ0v) is 14.0. The summed E-state index contributed by atoms with van der Waals surface area (Å²) >= 11 is 5.35. The van der Waals surface area contributed by atoms with Crippen molar-refractivity contribution in [2.75, 3.05) is 26.2 Å². The Bertz CT molecular complexity index is 563. The Morgan fingerprint density at radius 2 is 2.00 bits per heavy atom. The molecule has 0 amide bonds. The molecule has 1 aromatic carbocycles. The fourth-order valence-corrected chi connectivity index (χ4v) is 4.20. The number of thiophene rings is 1. The van der Waals surface area contributed by atoms with E-state index >= 15 is 0 Å². The molecule has 0 bridgehead atoms. The average molecular weight is 354 g/mol. The zero-order valence-electron chi connectivity index (χ0n) is 11.6. The third kappa shape index (κ3) is 3.35. The molecule has 0 saturated carbocycles. The van der Waals surface area contributed by atoms with Gasteiger partial charge in [0.25, 0.3) is 0 Å². The van der Waals surface area contributed by atoms with Crippen LogP contribution in [0, 0.1) is 0 Å². The summed E-state index contributed by atoms with van der Waals surface area (Å²) in [5.41, 5.74) is 0. The van der Waals surface area contributed by atoms with Gasteiger partial charge in [-0.2, -0.15) is 0 Å². The van der Waals surface area contributed by atoms with Crippen molar-refractivity contribution in [2.45, 2.75) is 25.7 Å². The Morgan fingerprint density at radius 3 is 2.85 bits per heavy atom. The molecule has 1 saturated heterocycles. The van der Waals surface area contributed by atoms with Gasteiger partial charge in [-0.3, -0.25) is 0 Å². The van der Waals surface area contributed by atoms with Crippen LogP contribution in [0.3, 0.4) is 0 Å². The number of halogens is 1. The molecule has 0 radical (unpaired) electrons. The summed E-state index contributed by atoms with van der Waals surface area (Å²) in [6, 6.07) is 6.29.